The van der Waals surface area contributed by atoms with E-state index in [4.69, 9.17) is 0 Å². The molecule has 2 heterocycles. The van der Waals surface area contributed by atoms with Crippen molar-refractivity contribution in [2.75, 3.05) is 30.1 Å². The summed E-state index contributed by atoms with van der Waals surface area (Å²) < 4.78 is 95.1. The Kier molecular flexibility index (Phi) is 7.48. The molecule has 0 aliphatic carbocycles. The predicted octanol–water partition coefficient (Wildman–Crippen LogP) is 5.36. The number of amides is 3. The smallest absolute Gasteiger partial charge is 0.326 e. The van der Waals surface area contributed by atoms with Gasteiger partial charge in [0.05, 0.1) is 16.9 Å². The highest BCUT2D eigenvalue weighted by atomic mass is 31.2. The molecule has 1 fully saturated rings. The number of nitrogens with zero attached hydrogens (tertiary/aromatic N) is 2. The van der Waals surface area contributed by atoms with Gasteiger partial charge in [-0.2, -0.15) is 13.2 Å². The number of nitrogens with one attached hydrogen (secondary N) is 2. The Morgan fingerprint density at radius 3 is 2.41 bits per heavy atom. The SMILES string of the molecule is CP(C)(=O)c1ncccc1-c1ccc(N2CCC(NC(=O)Nc3ccc(C(F)(F)F)cc3F)C2=O)c(F)c1F. The number of pyridine rings is 1. The second-order valence-corrected chi connectivity index (χ2v) is 12.2. The van der Waals surface area contributed by atoms with E-state index in [9.17, 15) is 31.7 Å². The van der Waals surface area contributed by atoms with Gasteiger partial charge < -0.3 is 20.1 Å². The lowest BCUT2D eigenvalue weighted by atomic mass is 10.1. The average Bonchev–Trinajstić information content (AvgIpc) is 3.20. The fourth-order valence-electron chi connectivity index (χ4n) is 4.15. The minimum atomic E-state index is -4.78. The van der Waals surface area contributed by atoms with Crippen LogP contribution in [0.25, 0.3) is 11.1 Å². The fourth-order valence-corrected chi connectivity index (χ4v) is 5.27. The number of anilines is 2. The molecule has 14 heteroatoms. The van der Waals surface area contributed by atoms with Crippen LogP contribution in [-0.4, -0.2) is 42.8 Å². The van der Waals surface area contributed by atoms with E-state index < -0.39 is 60.0 Å². The molecule has 0 radical (unpaired) electrons. The third-order valence-electron chi connectivity index (χ3n) is 6.00. The van der Waals surface area contributed by atoms with Crippen molar-refractivity contribution in [1.29, 1.82) is 0 Å². The lowest BCUT2D eigenvalue weighted by Gasteiger charge is -2.20. The third-order valence-corrected chi connectivity index (χ3v) is 7.37. The van der Waals surface area contributed by atoms with Crippen LogP contribution in [-0.2, 0) is 15.5 Å². The molecule has 7 nitrogen and oxygen atoms in total. The van der Waals surface area contributed by atoms with Crippen LogP contribution in [0.3, 0.4) is 0 Å². The number of rotatable bonds is 5. The van der Waals surface area contributed by atoms with Crippen LogP contribution < -0.4 is 21.0 Å². The monoisotopic (exact) mass is 570 g/mol. The van der Waals surface area contributed by atoms with E-state index in [-0.39, 0.29) is 41.3 Å². The van der Waals surface area contributed by atoms with Crippen LogP contribution in [0.2, 0.25) is 0 Å². The molecule has 206 valence electrons. The summed E-state index contributed by atoms with van der Waals surface area (Å²) in [6.45, 7) is 2.80. The minimum Gasteiger partial charge on any atom is -0.326 e. The number of hydrogen-bond acceptors (Lipinski definition) is 4. The minimum absolute atomic E-state index is 0.00778. The molecule has 1 aromatic heterocycles. The first-order chi connectivity index (χ1) is 18.2. The Balaban J connectivity index is 1.50. The Morgan fingerprint density at radius 2 is 1.77 bits per heavy atom. The summed E-state index contributed by atoms with van der Waals surface area (Å²) in [5.41, 5.74) is -2.11. The summed E-state index contributed by atoms with van der Waals surface area (Å²) >= 11 is 0. The first-order valence-electron chi connectivity index (χ1n) is 11.4. The lowest BCUT2D eigenvalue weighted by Crippen LogP contribution is -2.43. The molecule has 1 aliphatic heterocycles. The van der Waals surface area contributed by atoms with Crippen LogP contribution in [0, 0.1) is 17.5 Å². The topological polar surface area (TPSA) is 91.4 Å². The Morgan fingerprint density at radius 1 is 1.05 bits per heavy atom. The Bertz CT molecular complexity index is 1510. The van der Waals surface area contributed by atoms with Crippen molar-refractivity contribution in [2.24, 2.45) is 0 Å². The van der Waals surface area contributed by atoms with Crippen molar-refractivity contribution in [3.05, 3.63) is 71.7 Å². The van der Waals surface area contributed by atoms with Gasteiger partial charge in [0.1, 0.15) is 24.4 Å². The van der Waals surface area contributed by atoms with Gasteiger partial charge >= 0.3 is 12.2 Å². The molecule has 3 amide bonds. The molecule has 2 N–H and O–H groups in total. The summed E-state index contributed by atoms with van der Waals surface area (Å²) in [6.07, 6.45) is -3.39. The number of urea groups is 1. The second kappa shape index (κ2) is 10.4. The lowest BCUT2D eigenvalue weighted by molar-refractivity contribution is -0.137. The molecule has 1 saturated heterocycles. The highest BCUT2D eigenvalue weighted by molar-refractivity contribution is 7.70. The van der Waals surface area contributed by atoms with Gasteiger partial charge in [-0.3, -0.25) is 9.78 Å². The van der Waals surface area contributed by atoms with Crippen LogP contribution in [0.4, 0.5) is 42.5 Å². The van der Waals surface area contributed by atoms with Gasteiger partial charge in [-0.25, -0.2) is 18.0 Å². The van der Waals surface area contributed by atoms with Crippen LogP contribution in [0.5, 0.6) is 0 Å². The highest BCUT2D eigenvalue weighted by Crippen LogP contribution is 2.40. The summed E-state index contributed by atoms with van der Waals surface area (Å²) in [5.74, 6) is -4.74. The molecular formula is C25H21F6N4O3P. The van der Waals surface area contributed by atoms with Crippen molar-refractivity contribution < 1.29 is 40.5 Å². The molecule has 0 spiro atoms. The molecule has 0 saturated carbocycles. The molecule has 2 aromatic carbocycles. The number of hydrogen-bond donors (Lipinski definition) is 2. The normalized spacial score (nSPS) is 15.9. The van der Waals surface area contributed by atoms with Gasteiger partial charge in [0, 0.05) is 23.9 Å². The first kappa shape index (κ1) is 28.2. The van der Waals surface area contributed by atoms with E-state index in [0.29, 0.717) is 6.07 Å². The average molecular weight is 570 g/mol. The zero-order valence-electron chi connectivity index (χ0n) is 20.4. The summed E-state index contributed by atoms with van der Waals surface area (Å²) in [4.78, 5) is 30.1. The Hall–Kier alpha value is -3.86. The number of alkyl halides is 3. The van der Waals surface area contributed by atoms with E-state index in [0.717, 1.165) is 11.0 Å². The fraction of sp³-hybridized carbons (Fsp3) is 0.240. The van der Waals surface area contributed by atoms with Gasteiger partial charge in [0.2, 0.25) is 5.91 Å². The van der Waals surface area contributed by atoms with E-state index in [2.05, 4.69) is 10.3 Å². The number of benzene rings is 2. The zero-order valence-corrected chi connectivity index (χ0v) is 21.3. The van der Waals surface area contributed by atoms with Gasteiger partial charge in [-0.1, -0.05) is 6.07 Å². The predicted molar refractivity (Wildman–Crippen MR) is 133 cm³/mol. The number of carbonyl (C=O) groups is 2. The third kappa shape index (κ3) is 5.78. The molecule has 1 unspecified atom stereocenters. The molecule has 3 aromatic rings. The quantitative estimate of drug-likeness (QED) is 0.319. The Labute approximate surface area is 218 Å². The van der Waals surface area contributed by atoms with Crippen molar-refractivity contribution >= 4 is 35.9 Å². The molecule has 0 bridgehead atoms. The van der Waals surface area contributed by atoms with E-state index in [1.807, 2.05) is 5.32 Å². The van der Waals surface area contributed by atoms with Crippen LogP contribution in [0.1, 0.15) is 12.0 Å². The standard InChI is InChI=1S/C25H21F6N4O3P/c1-39(2,38)22-15(4-3-10-32-22)14-6-8-19(21(28)20(14)27)35-11-9-18(23(35)36)34-24(37)33-17-7-5-13(12-16(17)26)25(29,30)31/h3-8,10,12,18H,9,11H2,1-2H3,(H2,33,34,37). The molecule has 1 atom stereocenters. The van der Waals surface area contributed by atoms with Crippen molar-refractivity contribution in [3.63, 3.8) is 0 Å². The molecule has 39 heavy (non-hydrogen) atoms. The maximum Gasteiger partial charge on any atom is 0.416 e. The van der Waals surface area contributed by atoms with Crippen molar-refractivity contribution in [2.45, 2.75) is 18.6 Å². The number of aromatic nitrogens is 1. The van der Waals surface area contributed by atoms with Gasteiger partial charge in [0.25, 0.3) is 0 Å². The van der Waals surface area contributed by atoms with Crippen LogP contribution in [0.15, 0.2) is 48.7 Å². The molecule has 4 rings (SSSR count). The van der Waals surface area contributed by atoms with Crippen LogP contribution >= 0.6 is 7.14 Å². The second-order valence-electron chi connectivity index (χ2n) is 9.11. The summed E-state index contributed by atoms with van der Waals surface area (Å²) in [5, 5.41) is 4.29. The number of carbonyl (C=O) groups excluding carboxylic acids is 2. The van der Waals surface area contributed by atoms with Gasteiger partial charge in [0.15, 0.2) is 11.6 Å². The zero-order chi connectivity index (χ0) is 28.7. The van der Waals surface area contributed by atoms with E-state index in [1.165, 1.54) is 43.8 Å². The van der Waals surface area contributed by atoms with Gasteiger partial charge in [-0.05, 0) is 56.1 Å². The van der Waals surface area contributed by atoms with Gasteiger partial charge in [-0.15, -0.1) is 0 Å². The maximum atomic E-state index is 15.2. The maximum absolute atomic E-state index is 15.2. The van der Waals surface area contributed by atoms with E-state index in [1.54, 1.807) is 0 Å². The first-order valence-corrected chi connectivity index (χ1v) is 14.0. The number of halogens is 6. The van der Waals surface area contributed by atoms with Crippen molar-refractivity contribution in [1.82, 2.24) is 10.3 Å². The van der Waals surface area contributed by atoms with Crippen molar-refractivity contribution in [3.8, 4) is 11.1 Å². The summed E-state index contributed by atoms with van der Waals surface area (Å²) in [6, 6.07) is 4.61. The van der Waals surface area contributed by atoms with E-state index >= 15 is 8.78 Å². The molecular weight excluding hydrogens is 549 g/mol. The molecule has 1 aliphatic rings. The largest absolute Gasteiger partial charge is 0.416 e. The highest BCUT2D eigenvalue weighted by Gasteiger charge is 2.36. The summed E-state index contributed by atoms with van der Waals surface area (Å²) in [7, 11) is -2.94.